The first-order valence-corrected chi connectivity index (χ1v) is 29.5. The number of anilines is 5. The number of nitrogens with two attached hydrogens (primary N) is 1. The van der Waals surface area contributed by atoms with Crippen molar-refractivity contribution in [2.75, 3.05) is 25.3 Å². The van der Waals surface area contributed by atoms with E-state index in [4.69, 9.17) is 32.0 Å². The normalized spacial score (nSPS) is 19.1. The molecule has 98 heavy (non-hydrogen) atoms. The Bertz CT molecular complexity index is 4080. The minimum atomic E-state index is -1.08. The van der Waals surface area contributed by atoms with Crippen molar-refractivity contribution in [1.29, 1.82) is 26.3 Å². The van der Waals surface area contributed by atoms with Gasteiger partial charge in [-0.15, -0.1) is 71.3 Å². The number of rotatable bonds is 10. The van der Waals surface area contributed by atoms with Gasteiger partial charge in [0.1, 0.15) is 6.29 Å². The van der Waals surface area contributed by atoms with Crippen LogP contribution in [0.15, 0.2) is 86.0 Å². The second kappa shape index (κ2) is 37.5. The summed E-state index contributed by atoms with van der Waals surface area (Å²) in [5.41, 5.74) is 8.19. The third-order valence-corrected chi connectivity index (χ3v) is 18.0. The van der Waals surface area contributed by atoms with E-state index in [1.54, 1.807) is 164 Å². The molecule has 2 N–H and O–H groups in total. The van der Waals surface area contributed by atoms with Gasteiger partial charge in [-0.05, 0) is 54.4 Å². The number of carbonyl (C=O) groups excluding carboxylic acids is 9. The molecule has 4 saturated heterocycles. The monoisotopic (exact) mass is 1690 g/mol. The van der Waals surface area contributed by atoms with Crippen molar-refractivity contribution in [3.63, 3.8) is 0 Å². The second-order valence-corrected chi connectivity index (χ2v) is 25.6. The molecule has 3 unspecified atom stereocenters. The number of benzene rings is 5. The van der Waals surface area contributed by atoms with Crippen molar-refractivity contribution in [2.24, 2.45) is 38.4 Å². The van der Waals surface area contributed by atoms with Crippen LogP contribution in [0.25, 0.3) is 0 Å². The summed E-state index contributed by atoms with van der Waals surface area (Å²) in [5.74, 6) is -2.57. The first kappa shape index (κ1) is 92.6. The summed E-state index contributed by atoms with van der Waals surface area (Å²) in [7, 11) is 0. The predicted octanol–water partition coefficient (Wildman–Crippen LogP) is 11.3. The molecule has 3 atom stereocenters. The molecule has 5 aromatic rings. The van der Waals surface area contributed by atoms with Gasteiger partial charge in [-0.25, -0.2) is 26.3 Å². The van der Waals surface area contributed by atoms with Crippen molar-refractivity contribution >= 4 is 82.0 Å². The summed E-state index contributed by atoms with van der Waals surface area (Å²) >= 11 is 0. The molecule has 493 valence electrons. The number of hydrogen-bond donors (Lipinski definition) is 1. The smallest absolute Gasteiger partial charge is 0.239 e. The van der Waals surface area contributed by atoms with Crippen molar-refractivity contribution in [1.82, 2.24) is 0 Å². The van der Waals surface area contributed by atoms with Crippen molar-refractivity contribution in [3.05, 3.63) is 172 Å². The third kappa shape index (κ3) is 18.6. The summed E-state index contributed by atoms with van der Waals surface area (Å²) in [6.45, 7) is 33.5. The molecule has 24 heteroatoms. The zero-order valence-electron chi connectivity index (χ0n) is 58.0. The van der Waals surface area contributed by atoms with E-state index in [0.717, 1.165) is 15.4 Å². The van der Waals surface area contributed by atoms with Crippen LogP contribution < -0.4 is 25.3 Å². The first-order chi connectivity index (χ1) is 43.3. The van der Waals surface area contributed by atoms with Gasteiger partial charge in [-0.2, -0.15) is 60.7 Å². The minimum Gasteiger partial charge on any atom is -0.420 e. The Kier molecular flexibility index (Phi) is 35.4. The van der Waals surface area contributed by atoms with E-state index >= 15 is 0 Å². The molecule has 0 saturated carbocycles. The van der Waals surface area contributed by atoms with Crippen LogP contribution in [0.4, 0.5) is 28.4 Å². The summed E-state index contributed by atoms with van der Waals surface area (Å²) in [6, 6.07) is 40.9. The van der Waals surface area contributed by atoms with Crippen LogP contribution >= 0.6 is 0 Å². The summed E-state index contributed by atoms with van der Waals surface area (Å²) in [5, 5.41) is 44.2. The molecule has 4 heterocycles. The van der Waals surface area contributed by atoms with E-state index in [-0.39, 0.29) is 218 Å². The summed E-state index contributed by atoms with van der Waals surface area (Å²) in [6.07, 6.45) is 5.08. The minimum absolute atomic E-state index is 0. The van der Waals surface area contributed by atoms with Crippen LogP contribution in [0.5, 0.6) is 0 Å². The average molecular weight is 1690 g/mol. The number of amides is 8. The fourth-order valence-electron chi connectivity index (χ4n) is 10.9. The number of nitriles is 5. The number of allylic oxidation sites excluding steroid dienone is 2. The van der Waals surface area contributed by atoms with Gasteiger partial charge in [0.2, 0.25) is 47.3 Å². The Morgan fingerprint density at radius 3 is 1.05 bits per heavy atom. The average Bonchev–Trinajstić information content (AvgIpc) is 1.58. The zero-order chi connectivity index (χ0) is 70.3. The second-order valence-electron chi connectivity index (χ2n) is 25.6. The Labute approximate surface area is 701 Å². The Morgan fingerprint density at radius 2 is 0.765 bits per heavy atom. The van der Waals surface area contributed by atoms with E-state index < -0.39 is 44.3 Å². The third-order valence-electron chi connectivity index (χ3n) is 18.0. The predicted molar refractivity (Wildman–Crippen MR) is 348 cm³/mol. The molecule has 5 radical (unpaired) electrons. The molecule has 0 bridgehead atoms. The number of hydrogen-bond acceptors (Lipinski definition) is 15. The van der Waals surface area contributed by atoms with E-state index in [0.29, 0.717) is 97.6 Å². The molecule has 9 rings (SSSR count). The molecule has 8 amide bonds. The van der Waals surface area contributed by atoms with Crippen LogP contribution in [0.3, 0.4) is 0 Å². The number of nitrogens with zero attached hydrogens (tertiary/aromatic N) is 9. The van der Waals surface area contributed by atoms with Crippen molar-refractivity contribution in [2.45, 2.75) is 130 Å². The summed E-state index contributed by atoms with van der Waals surface area (Å²) < 4.78 is 0. The van der Waals surface area contributed by atoms with Crippen LogP contribution in [0.2, 0.25) is 0 Å². The van der Waals surface area contributed by atoms with Crippen molar-refractivity contribution < 1.29 is 207 Å². The zero-order valence-corrected chi connectivity index (χ0v) is 72.2. The van der Waals surface area contributed by atoms with Crippen LogP contribution in [0.1, 0.15) is 151 Å². The van der Waals surface area contributed by atoms with E-state index in [1.165, 1.54) is 15.9 Å². The Balaban J connectivity index is 0.00000120. The molecule has 4 fully saturated rings. The molecule has 0 aromatic heterocycles. The molecular formula is C74H73N10O9Y5-5. The quantitative estimate of drug-likeness (QED) is 0.0447. The number of carbonyl (C=O) groups is 9. The van der Waals surface area contributed by atoms with Crippen LogP contribution in [-0.4, -0.2) is 53.5 Å². The molecule has 4 aliphatic rings. The van der Waals surface area contributed by atoms with E-state index in [9.17, 15) is 43.2 Å². The molecular weight excluding hydrogens is 1620 g/mol. The maximum absolute atomic E-state index is 12.9. The van der Waals surface area contributed by atoms with Gasteiger partial charge in [0, 0.05) is 207 Å². The first-order valence-electron chi connectivity index (χ1n) is 29.5. The maximum atomic E-state index is 12.9. The van der Waals surface area contributed by atoms with Gasteiger partial charge in [0.25, 0.3) is 0 Å². The largest absolute Gasteiger partial charge is 0.420 e. The SMILES string of the molecule is C=CCC1(C)C(=O)N(c2[c-]c(C)c(C#N)cc2)C(=O)C1(C)C.C=CCC1C(=O)N(c2[c-]c(C)c(C#N)cc2)C(=O)C1(C)C.Cc1[c-]c(N)ccc1C#N.Cc1[c-]c(N2C(=O)C(C)(C)C(C)(CC=O)C2=O)ccc1C#N.Cc1[c-]c(N2C(=O)CC(C)(C)C2=O)ccc1C#N.[Y].[Y].[Y].[Y].[Y]. The Morgan fingerprint density at radius 1 is 0.449 bits per heavy atom. The van der Waals surface area contributed by atoms with Gasteiger partial charge in [0.05, 0.1) is 38.4 Å². The van der Waals surface area contributed by atoms with Gasteiger partial charge >= 0.3 is 0 Å². The number of nitrogen functional groups attached to an aromatic ring is 1. The molecule has 0 spiro atoms. The fourth-order valence-corrected chi connectivity index (χ4v) is 10.9. The van der Waals surface area contributed by atoms with Gasteiger partial charge in [-0.1, -0.05) is 131 Å². The van der Waals surface area contributed by atoms with Gasteiger partial charge in [0.15, 0.2) is 0 Å². The van der Waals surface area contributed by atoms with Crippen LogP contribution in [-0.2, 0) is 207 Å². The Hall–Kier alpha value is -5.42. The van der Waals surface area contributed by atoms with Crippen LogP contribution in [0, 0.1) is 160 Å². The number of imide groups is 4. The number of aryl methyl sites for hydroxylation is 5. The molecule has 0 aliphatic carbocycles. The van der Waals surface area contributed by atoms with Gasteiger partial charge in [-0.3, -0.25) is 58.0 Å². The van der Waals surface area contributed by atoms with Gasteiger partial charge < -0.3 is 10.5 Å². The van der Waals surface area contributed by atoms with E-state index in [2.05, 4.69) is 49.6 Å². The summed E-state index contributed by atoms with van der Waals surface area (Å²) in [4.78, 5) is 116. The maximum Gasteiger partial charge on any atom is 0.239 e. The standard InChI is InChI=1S/C18H19N2O2.C17H17N2O3.C17H17N2O2.C14H13N2O2.C8H7N2.5Y/c1-6-9-18(5)16(22)20(15(21)17(18,3)4)14-8-7-13(11-19)12(2)10-14;1-11-9-13(6-5-12(11)10-18)19-14(21)16(2,3)17(4,7-8-20)15(19)22;1-5-6-14-15(20)19(16(21)17(14,3)4)13-8-7-12(10-18)11(2)9-13;1-9-6-11(5-4-10(9)8-15)16-12(17)7-14(2,3)13(16)18;1-6-4-8(10)3-2-7(6)5-9;;;;;/h6-8H,1,9H2,2-5H3;5-6,8H,7H2,1-4H3;5,7-8,14H,1,6H2,2-4H3;4-5H,7H2,1-3H3;2-3H,10H2,1H3;;;;;/q5*-1;;;;;. The molecule has 4 aliphatic heterocycles. The molecule has 5 aromatic carbocycles. The fraction of sp³-hybridized carbons (Fsp3) is 0.351. The van der Waals surface area contributed by atoms with E-state index in [1.807, 2.05) is 31.2 Å². The topological polar surface area (TPSA) is 312 Å². The number of aldehydes is 1. The molecule has 19 nitrogen and oxygen atoms in total. The van der Waals surface area contributed by atoms with Crippen molar-refractivity contribution in [3.8, 4) is 30.3 Å².